The molecular formula is C14H18N2O4S. The molecule has 0 aliphatic carbocycles. The van der Waals surface area contributed by atoms with Crippen LogP contribution in [0.15, 0.2) is 23.1 Å². The Morgan fingerprint density at radius 3 is 2.71 bits per heavy atom. The molecule has 0 saturated carbocycles. The summed E-state index contributed by atoms with van der Waals surface area (Å²) < 4.78 is 27.1. The summed E-state index contributed by atoms with van der Waals surface area (Å²) in [5.41, 5.74) is 0.832. The molecule has 1 unspecified atom stereocenters. The van der Waals surface area contributed by atoms with Crippen molar-refractivity contribution in [3.8, 4) is 6.07 Å². The third kappa shape index (κ3) is 5.17. The van der Waals surface area contributed by atoms with Gasteiger partial charge in [-0.2, -0.15) is 5.26 Å². The molecule has 6 nitrogen and oxygen atoms in total. The molecule has 1 rings (SSSR count). The topological polar surface area (TPSA) is 107 Å². The van der Waals surface area contributed by atoms with Crippen molar-refractivity contribution in [3.05, 3.63) is 29.3 Å². The number of carbonyl (C=O) groups is 1. The van der Waals surface area contributed by atoms with Crippen LogP contribution in [0.4, 0.5) is 0 Å². The molecule has 0 spiro atoms. The minimum absolute atomic E-state index is 0.00894. The van der Waals surface area contributed by atoms with E-state index in [1.807, 2.05) is 6.07 Å². The Morgan fingerprint density at radius 2 is 2.14 bits per heavy atom. The van der Waals surface area contributed by atoms with E-state index in [9.17, 15) is 13.2 Å². The average Bonchev–Trinajstić information content (AvgIpc) is 2.38. The van der Waals surface area contributed by atoms with E-state index < -0.39 is 16.0 Å². The second-order valence-corrected chi connectivity index (χ2v) is 6.58. The molecule has 0 aromatic heterocycles. The van der Waals surface area contributed by atoms with Crippen molar-refractivity contribution in [2.24, 2.45) is 0 Å². The van der Waals surface area contributed by atoms with Gasteiger partial charge in [0.15, 0.2) is 0 Å². The number of nitriles is 1. The Hall–Kier alpha value is -1.91. The Kier molecular flexibility index (Phi) is 5.88. The predicted octanol–water partition coefficient (Wildman–Crippen LogP) is 1.79. The minimum atomic E-state index is -3.72. The second-order valence-electron chi connectivity index (χ2n) is 4.90. The van der Waals surface area contributed by atoms with Crippen LogP contribution in [-0.2, 0) is 14.8 Å². The maximum atomic E-state index is 12.3. The van der Waals surface area contributed by atoms with Gasteiger partial charge < -0.3 is 5.11 Å². The van der Waals surface area contributed by atoms with Crippen LogP contribution >= 0.6 is 0 Å². The monoisotopic (exact) mass is 310 g/mol. The molecule has 1 atom stereocenters. The molecule has 0 fully saturated rings. The number of benzene rings is 1. The lowest BCUT2D eigenvalue weighted by Gasteiger charge is -2.15. The van der Waals surface area contributed by atoms with Crippen molar-refractivity contribution >= 4 is 16.0 Å². The molecule has 0 radical (unpaired) electrons. The lowest BCUT2D eigenvalue weighted by atomic mass is 10.1. The molecule has 0 saturated heterocycles. The molecular weight excluding hydrogens is 292 g/mol. The quantitative estimate of drug-likeness (QED) is 0.798. The number of aryl methyl sites for hydroxylation is 1. The summed E-state index contributed by atoms with van der Waals surface area (Å²) in [5, 5.41) is 17.4. The van der Waals surface area contributed by atoms with E-state index >= 15 is 0 Å². The lowest BCUT2D eigenvalue weighted by molar-refractivity contribution is -0.137. The largest absolute Gasteiger partial charge is 0.481 e. The predicted molar refractivity (Wildman–Crippen MR) is 77.2 cm³/mol. The van der Waals surface area contributed by atoms with Crippen LogP contribution in [0.1, 0.15) is 37.3 Å². The van der Waals surface area contributed by atoms with E-state index in [1.54, 1.807) is 26.0 Å². The normalized spacial score (nSPS) is 12.6. The third-order valence-corrected chi connectivity index (χ3v) is 4.72. The van der Waals surface area contributed by atoms with Crippen LogP contribution in [0.3, 0.4) is 0 Å². The van der Waals surface area contributed by atoms with Gasteiger partial charge in [-0.05, 0) is 44.4 Å². The molecule has 7 heteroatoms. The standard InChI is InChI=1S/C14H18N2O4S/c1-10-6-7-12(9-15)8-13(10)21(19,20)16-11(2)4-3-5-14(17)18/h6-8,11,16H,3-5H2,1-2H3,(H,17,18). The number of nitrogens with zero attached hydrogens (tertiary/aromatic N) is 1. The Labute approximate surface area is 124 Å². The zero-order chi connectivity index (χ0) is 16.0. The fourth-order valence-corrected chi connectivity index (χ4v) is 3.45. The molecule has 0 aliphatic heterocycles. The Balaban J connectivity index is 2.82. The maximum absolute atomic E-state index is 12.3. The summed E-state index contributed by atoms with van der Waals surface area (Å²) >= 11 is 0. The van der Waals surface area contributed by atoms with Crippen molar-refractivity contribution in [1.82, 2.24) is 4.72 Å². The maximum Gasteiger partial charge on any atom is 0.303 e. The molecule has 1 aromatic rings. The van der Waals surface area contributed by atoms with Crippen LogP contribution in [0.5, 0.6) is 0 Å². The summed E-state index contributed by atoms with van der Waals surface area (Å²) in [6.45, 7) is 3.34. The fourth-order valence-electron chi connectivity index (χ4n) is 1.91. The van der Waals surface area contributed by atoms with Crippen LogP contribution in [0.25, 0.3) is 0 Å². The van der Waals surface area contributed by atoms with Gasteiger partial charge in [-0.25, -0.2) is 13.1 Å². The van der Waals surface area contributed by atoms with E-state index in [2.05, 4.69) is 4.72 Å². The van der Waals surface area contributed by atoms with Gasteiger partial charge in [-0.1, -0.05) is 6.07 Å². The first-order valence-electron chi connectivity index (χ1n) is 6.51. The summed E-state index contributed by atoms with van der Waals surface area (Å²) in [6.07, 6.45) is 0.841. The van der Waals surface area contributed by atoms with Crippen molar-refractivity contribution < 1.29 is 18.3 Å². The van der Waals surface area contributed by atoms with E-state index in [-0.39, 0.29) is 22.9 Å². The Bertz CT molecular complexity index is 662. The molecule has 1 aromatic carbocycles. The zero-order valence-corrected chi connectivity index (χ0v) is 12.8. The first-order chi connectivity index (χ1) is 9.76. The highest BCUT2D eigenvalue weighted by Crippen LogP contribution is 2.17. The van der Waals surface area contributed by atoms with Crippen LogP contribution in [-0.4, -0.2) is 25.5 Å². The highest BCUT2D eigenvalue weighted by Gasteiger charge is 2.20. The summed E-state index contributed by atoms with van der Waals surface area (Å²) in [7, 11) is -3.72. The van der Waals surface area contributed by atoms with Gasteiger partial charge in [0.05, 0.1) is 16.5 Å². The number of sulfonamides is 1. The molecule has 0 aliphatic rings. The van der Waals surface area contributed by atoms with Gasteiger partial charge in [0.2, 0.25) is 10.0 Å². The average molecular weight is 310 g/mol. The van der Waals surface area contributed by atoms with Crippen LogP contribution < -0.4 is 4.72 Å². The molecule has 0 amide bonds. The van der Waals surface area contributed by atoms with E-state index in [4.69, 9.17) is 10.4 Å². The molecule has 0 heterocycles. The third-order valence-electron chi connectivity index (χ3n) is 2.99. The van der Waals surface area contributed by atoms with Gasteiger partial charge in [-0.15, -0.1) is 0 Å². The van der Waals surface area contributed by atoms with Gasteiger partial charge in [0, 0.05) is 12.5 Å². The van der Waals surface area contributed by atoms with Gasteiger partial charge in [-0.3, -0.25) is 4.79 Å². The number of rotatable bonds is 7. The first-order valence-corrected chi connectivity index (χ1v) is 7.99. The first kappa shape index (κ1) is 17.1. The highest BCUT2D eigenvalue weighted by atomic mass is 32.2. The molecule has 114 valence electrons. The van der Waals surface area contributed by atoms with Crippen molar-refractivity contribution in [2.45, 2.75) is 44.0 Å². The van der Waals surface area contributed by atoms with E-state index in [0.717, 1.165) is 0 Å². The minimum Gasteiger partial charge on any atom is -0.481 e. The SMILES string of the molecule is Cc1ccc(C#N)cc1S(=O)(=O)NC(C)CCCC(=O)O. The van der Waals surface area contributed by atoms with E-state index in [0.29, 0.717) is 18.4 Å². The number of aliphatic carboxylic acids is 1. The number of carboxylic acids is 1. The zero-order valence-electron chi connectivity index (χ0n) is 12.0. The van der Waals surface area contributed by atoms with Crippen molar-refractivity contribution in [3.63, 3.8) is 0 Å². The summed E-state index contributed by atoms with van der Waals surface area (Å²) in [4.78, 5) is 10.5. The number of carboxylic acid groups (broad SMARTS) is 1. The van der Waals surface area contributed by atoms with Gasteiger partial charge >= 0.3 is 5.97 Å². The highest BCUT2D eigenvalue weighted by molar-refractivity contribution is 7.89. The van der Waals surface area contributed by atoms with Gasteiger partial charge in [0.25, 0.3) is 0 Å². The van der Waals surface area contributed by atoms with Crippen molar-refractivity contribution in [1.29, 1.82) is 5.26 Å². The molecule has 21 heavy (non-hydrogen) atoms. The smallest absolute Gasteiger partial charge is 0.303 e. The number of nitrogens with one attached hydrogen (secondary N) is 1. The van der Waals surface area contributed by atoms with Crippen molar-refractivity contribution in [2.75, 3.05) is 0 Å². The second kappa shape index (κ2) is 7.20. The summed E-state index contributed by atoms with van der Waals surface area (Å²) in [6, 6.07) is 6.01. The molecule has 0 bridgehead atoms. The van der Waals surface area contributed by atoms with Crippen LogP contribution in [0.2, 0.25) is 0 Å². The Morgan fingerprint density at radius 1 is 1.48 bits per heavy atom. The number of hydrogen-bond acceptors (Lipinski definition) is 4. The molecule has 2 N–H and O–H groups in total. The fraction of sp³-hybridized carbons (Fsp3) is 0.429. The summed E-state index contributed by atoms with van der Waals surface area (Å²) in [5.74, 6) is -0.900. The lowest BCUT2D eigenvalue weighted by Crippen LogP contribution is -2.33. The number of hydrogen-bond donors (Lipinski definition) is 2. The van der Waals surface area contributed by atoms with E-state index in [1.165, 1.54) is 6.07 Å². The van der Waals surface area contributed by atoms with Crippen LogP contribution in [0, 0.1) is 18.3 Å². The van der Waals surface area contributed by atoms with Gasteiger partial charge in [0.1, 0.15) is 0 Å².